The van der Waals surface area contributed by atoms with Crippen molar-refractivity contribution in [2.45, 2.75) is 258 Å². The number of rotatable bonds is 49. The maximum absolute atomic E-state index is 13.4. The normalized spacial score (nSPS) is 14.2. The summed E-state index contributed by atoms with van der Waals surface area (Å²) in [4.78, 5) is 39.7. The van der Waals surface area contributed by atoms with E-state index >= 15 is 0 Å². The van der Waals surface area contributed by atoms with Crippen molar-refractivity contribution < 1.29 is 37.3 Å². The Morgan fingerprint density at radius 1 is 0.545 bits per heavy atom. The van der Waals surface area contributed by atoms with Crippen LogP contribution in [-0.4, -0.2) is 69.4 Å². The molecule has 0 aliphatic carbocycles. The van der Waals surface area contributed by atoms with E-state index in [1.54, 1.807) is 0 Å². The number of esters is 1. The van der Waals surface area contributed by atoms with Gasteiger partial charge in [0.2, 0.25) is 5.91 Å². The minimum absolute atomic E-state index is 0.0247. The van der Waals surface area contributed by atoms with Gasteiger partial charge in [-0.25, -0.2) is 0 Å². The van der Waals surface area contributed by atoms with Crippen molar-refractivity contribution in [2.75, 3.05) is 40.9 Å². The Labute approximate surface area is 408 Å². The van der Waals surface area contributed by atoms with Crippen molar-refractivity contribution in [3.05, 3.63) is 48.6 Å². The van der Waals surface area contributed by atoms with Gasteiger partial charge < -0.3 is 28.5 Å². The number of amides is 1. The summed E-state index contributed by atoms with van der Waals surface area (Å²) in [6.45, 7) is 6.70. The molecule has 3 unspecified atom stereocenters. The maximum atomic E-state index is 13.4. The zero-order chi connectivity index (χ0) is 48.7. The van der Waals surface area contributed by atoms with Crippen LogP contribution in [0.1, 0.15) is 245 Å². The molecule has 3 atom stereocenters. The molecular weight excluding hydrogens is 844 g/mol. The lowest BCUT2D eigenvalue weighted by Crippen LogP contribution is -2.47. The molecule has 0 spiro atoms. The first-order valence-corrected chi connectivity index (χ1v) is 28.9. The third-order valence-corrected chi connectivity index (χ3v) is 13.0. The molecule has 0 aromatic heterocycles. The summed E-state index contributed by atoms with van der Waals surface area (Å²) in [6, 6.07) is -0.891. The molecule has 0 fully saturated rings. The molecule has 9 nitrogen and oxygen atoms in total. The summed E-state index contributed by atoms with van der Waals surface area (Å²) in [5.41, 5.74) is 0. The minimum atomic E-state index is -4.69. The van der Waals surface area contributed by atoms with Crippen LogP contribution in [0, 0.1) is 0 Å². The molecule has 1 N–H and O–H groups in total. The zero-order valence-corrected chi connectivity index (χ0v) is 44.8. The average Bonchev–Trinajstić information content (AvgIpc) is 3.27. The number of carbonyl (C=O) groups excluding carboxylic acids is 2. The molecule has 0 radical (unpaired) electrons. The highest BCUT2D eigenvalue weighted by Crippen LogP contribution is 2.38. The fourth-order valence-electron chi connectivity index (χ4n) is 7.73. The van der Waals surface area contributed by atoms with E-state index in [0.717, 1.165) is 96.3 Å². The smallest absolute Gasteiger partial charge is 0.306 e. The van der Waals surface area contributed by atoms with E-state index in [1.807, 2.05) is 33.3 Å². The first-order valence-electron chi connectivity index (χ1n) is 27.4. The molecule has 1 amide bonds. The van der Waals surface area contributed by atoms with Crippen LogP contribution in [0.5, 0.6) is 0 Å². The van der Waals surface area contributed by atoms with E-state index in [9.17, 15) is 19.0 Å². The van der Waals surface area contributed by atoms with Crippen molar-refractivity contribution in [3.63, 3.8) is 0 Å². The van der Waals surface area contributed by atoms with Gasteiger partial charge in [0.15, 0.2) is 0 Å². The van der Waals surface area contributed by atoms with Gasteiger partial charge in [0.05, 0.1) is 33.8 Å². The van der Waals surface area contributed by atoms with Gasteiger partial charge in [-0.2, -0.15) is 0 Å². The fourth-order valence-corrected chi connectivity index (χ4v) is 8.45. The summed E-state index contributed by atoms with van der Waals surface area (Å²) in [6.07, 6.45) is 55.0. The highest BCUT2D eigenvalue weighted by Gasteiger charge is 2.27. The standard InChI is InChI=1S/C56H105N2O7P/c1-7-10-13-16-19-22-25-27-29-30-33-36-39-42-45-48-55(59)57-53(52-64-66(61,62)63-51-50-58(4,5)6)54(47-44-41-38-35-32-24-21-18-15-12-9-3)65-56(60)49-46-43-40-37-34-31-28-26-23-20-17-14-11-8-2/h11,14,20,22-23,25,44,47,53-54H,7-10,12-13,15-19,21,24,26-43,45-46,48-52H2,1-6H3,(H-,57,59,61,62)/b14-11+,23-20+,25-22-,47-44+. The van der Waals surface area contributed by atoms with Gasteiger partial charge >= 0.3 is 5.97 Å². The summed E-state index contributed by atoms with van der Waals surface area (Å²) in [7, 11) is 1.18. The lowest BCUT2D eigenvalue weighted by Gasteiger charge is -2.30. The van der Waals surface area contributed by atoms with E-state index in [-0.39, 0.29) is 24.9 Å². The average molecular weight is 949 g/mol. The molecule has 0 bridgehead atoms. The molecule has 0 saturated heterocycles. The van der Waals surface area contributed by atoms with Crippen LogP contribution < -0.4 is 10.2 Å². The molecule has 0 aliphatic rings. The number of quaternary nitrogens is 1. The topological polar surface area (TPSA) is 114 Å². The first-order chi connectivity index (χ1) is 31.9. The van der Waals surface area contributed by atoms with Crippen LogP contribution in [0.25, 0.3) is 0 Å². The number of unbranched alkanes of at least 4 members (excludes halogenated alkanes) is 27. The third-order valence-electron chi connectivity index (χ3n) is 12.0. The Bertz CT molecular complexity index is 1280. The number of hydrogen-bond acceptors (Lipinski definition) is 7. The molecule has 66 heavy (non-hydrogen) atoms. The van der Waals surface area contributed by atoms with Crippen molar-refractivity contribution in [2.24, 2.45) is 0 Å². The molecule has 0 saturated carbocycles. The molecule has 386 valence electrons. The van der Waals surface area contributed by atoms with Gasteiger partial charge in [-0.15, -0.1) is 0 Å². The second kappa shape index (κ2) is 46.7. The molecule has 0 rings (SSSR count). The lowest BCUT2D eigenvalue weighted by atomic mass is 10.1. The molecular formula is C56H105N2O7P. The first kappa shape index (κ1) is 64.0. The van der Waals surface area contributed by atoms with Crippen LogP contribution in [0.3, 0.4) is 0 Å². The Morgan fingerprint density at radius 3 is 1.47 bits per heavy atom. The van der Waals surface area contributed by atoms with E-state index < -0.39 is 26.6 Å². The van der Waals surface area contributed by atoms with E-state index in [1.165, 1.54) is 116 Å². The summed E-state index contributed by atoms with van der Waals surface area (Å²) >= 11 is 0. The number of allylic oxidation sites excluding steroid dienone is 7. The van der Waals surface area contributed by atoms with E-state index in [4.69, 9.17) is 13.8 Å². The van der Waals surface area contributed by atoms with Gasteiger partial charge in [-0.05, 0) is 83.1 Å². The van der Waals surface area contributed by atoms with Crippen LogP contribution in [-0.2, 0) is 27.9 Å². The van der Waals surface area contributed by atoms with Gasteiger partial charge in [-0.3, -0.25) is 14.2 Å². The highest BCUT2D eigenvalue weighted by atomic mass is 31.2. The number of ether oxygens (including phenoxy) is 1. The van der Waals surface area contributed by atoms with Crippen LogP contribution in [0.4, 0.5) is 0 Å². The quantitative estimate of drug-likeness (QED) is 0.0212. The molecule has 0 aromatic carbocycles. The van der Waals surface area contributed by atoms with Gasteiger partial charge in [-0.1, -0.05) is 198 Å². The maximum Gasteiger partial charge on any atom is 0.306 e. The Balaban J connectivity index is 5.37. The number of likely N-dealkylation sites (N-methyl/N-ethyl adjacent to an activating group) is 1. The van der Waals surface area contributed by atoms with Crippen molar-refractivity contribution in [3.8, 4) is 0 Å². The number of nitrogens with zero attached hydrogens (tertiary/aromatic N) is 1. The zero-order valence-electron chi connectivity index (χ0n) is 43.9. The lowest BCUT2D eigenvalue weighted by molar-refractivity contribution is -0.870. The molecule has 10 heteroatoms. The Hall–Kier alpha value is -2.03. The number of phosphoric acid groups is 1. The predicted octanol–water partition coefficient (Wildman–Crippen LogP) is 15.5. The van der Waals surface area contributed by atoms with Crippen molar-refractivity contribution >= 4 is 19.7 Å². The molecule has 0 aromatic rings. The van der Waals surface area contributed by atoms with E-state index in [0.29, 0.717) is 17.4 Å². The van der Waals surface area contributed by atoms with Crippen molar-refractivity contribution in [1.29, 1.82) is 0 Å². The van der Waals surface area contributed by atoms with E-state index in [2.05, 4.69) is 62.5 Å². The second-order valence-corrected chi connectivity index (χ2v) is 21.1. The van der Waals surface area contributed by atoms with Gasteiger partial charge in [0, 0.05) is 12.8 Å². The van der Waals surface area contributed by atoms with Gasteiger partial charge in [0.1, 0.15) is 19.3 Å². The summed E-state index contributed by atoms with van der Waals surface area (Å²) in [5.74, 6) is -0.555. The molecule has 0 heterocycles. The second-order valence-electron chi connectivity index (χ2n) is 19.7. The number of nitrogens with one attached hydrogen (secondary N) is 1. The van der Waals surface area contributed by atoms with Crippen LogP contribution in [0.2, 0.25) is 0 Å². The fraction of sp³-hybridized carbons (Fsp3) is 0.821. The Kier molecular flexibility index (Phi) is 45.3. The van der Waals surface area contributed by atoms with Crippen LogP contribution >= 0.6 is 7.82 Å². The minimum Gasteiger partial charge on any atom is -0.756 e. The predicted molar refractivity (Wildman–Crippen MR) is 279 cm³/mol. The van der Waals surface area contributed by atoms with Crippen molar-refractivity contribution in [1.82, 2.24) is 5.32 Å². The number of phosphoric ester groups is 1. The highest BCUT2D eigenvalue weighted by molar-refractivity contribution is 7.45. The number of hydrogen-bond donors (Lipinski definition) is 1. The SMILES string of the molecule is CC/C=C/C/C=C/CCCCCCCCCC(=O)OC(/C=C/CCCCCCCCCCC)C(COP(=O)([O-])OCC[N+](C)(C)C)NC(=O)CCCCCCCCC/C=C\CCCCCC. The summed E-state index contributed by atoms with van der Waals surface area (Å²) < 4.78 is 30.2. The largest absolute Gasteiger partial charge is 0.756 e. The van der Waals surface area contributed by atoms with Crippen LogP contribution in [0.15, 0.2) is 48.6 Å². The Morgan fingerprint density at radius 2 is 0.970 bits per heavy atom. The summed E-state index contributed by atoms with van der Waals surface area (Å²) in [5, 5.41) is 3.01. The molecule has 0 aliphatic heterocycles. The van der Waals surface area contributed by atoms with Gasteiger partial charge in [0.25, 0.3) is 7.82 Å². The number of carbonyl (C=O) groups is 2. The third kappa shape index (κ3) is 47.1. The monoisotopic (exact) mass is 949 g/mol.